The zero-order chi connectivity index (χ0) is 13.1. The second-order valence-electron chi connectivity index (χ2n) is 4.41. The Hall–Kier alpha value is -0.810. The molecule has 0 aliphatic carbocycles. The van der Waals surface area contributed by atoms with Crippen LogP contribution in [0.1, 0.15) is 33.6 Å². The summed E-state index contributed by atoms with van der Waals surface area (Å²) >= 11 is 0. The summed E-state index contributed by atoms with van der Waals surface area (Å²) in [6.07, 6.45) is 1.34. The van der Waals surface area contributed by atoms with E-state index in [2.05, 4.69) is 29.8 Å². The molecule has 0 heterocycles. The summed E-state index contributed by atoms with van der Waals surface area (Å²) in [7, 11) is 0. The van der Waals surface area contributed by atoms with E-state index in [1.165, 1.54) is 0 Å². The van der Waals surface area contributed by atoms with Crippen LogP contribution in [0.5, 0.6) is 0 Å². The van der Waals surface area contributed by atoms with Crippen molar-refractivity contribution in [3.8, 4) is 0 Å². The molecule has 6 heteroatoms. The molecule has 0 unspecified atom stereocenters. The molecule has 0 aromatic carbocycles. The summed E-state index contributed by atoms with van der Waals surface area (Å²) in [5.74, 6) is 0.316. The number of hydrogen-bond acceptors (Lipinski definition) is 3. The van der Waals surface area contributed by atoms with E-state index in [9.17, 15) is 9.59 Å². The maximum absolute atomic E-state index is 11.3. The highest BCUT2D eigenvalue weighted by Gasteiger charge is 2.05. The van der Waals surface area contributed by atoms with Crippen LogP contribution < -0.4 is 16.0 Å². The summed E-state index contributed by atoms with van der Waals surface area (Å²) in [5.41, 5.74) is 0. The van der Waals surface area contributed by atoms with Gasteiger partial charge in [0.15, 0.2) is 0 Å². The lowest BCUT2D eigenvalue weighted by Crippen LogP contribution is -2.39. The summed E-state index contributed by atoms with van der Waals surface area (Å²) in [6.45, 7) is 8.46. The lowest BCUT2D eigenvalue weighted by molar-refractivity contribution is -0.126. The third-order valence-electron chi connectivity index (χ3n) is 2.27. The molecule has 0 atom stereocenters. The molecule has 0 rings (SSSR count). The molecule has 0 spiro atoms. The number of rotatable bonds is 9. The SMILES string of the molecule is CCNCCNC(=O)CNC(=O)CCC(C)C.Cl. The minimum Gasteiger partial charge on any atom is -0.353 e. The Balaban J connectivity index is 0. The Kier molecular flexibility index (Phi) is 13.7. The van der Waals surface area contributed by atoms with E-state index >= 15 is 0 Å². The number of carbonyl (C=O) groups excluding carboxylic acids is 2. The van der Waals surface area contributed by atoms with E-state index in [1.54, 1.807) is 0 Å². The van der Waals surface area contributed by atoms with Crippen molar-refractivity contribution in [3.63, 3.8) is 0 Å². The van der Waals surface area contributed by atoms with E-state index in [0.717, 1.165) is 19.5 Å². The molecule has 2 amide bonds. The molecular formula is C12H26ClN3O2. The van der Waals surface area contributed by atoms with Crippen molar-refractivity contribution in [1.82, 2.24) is 16.0 Å². The first-order valence-corrected chi connectivity index (χ1v) is 6.30. The van der Waals surface area contributed by atoms with Crippen molar-refractivity contribution in [2.75, 3.05) is 26.2 Å². The van der Waals surface area contributed by atoms with Crippen LogP contribution in [0.3, 0.4) is 0 Å². The van der Waals surface area contributed by atoms with E-state index in [-0.39, 0.29) is 30.8 Å². The molecular weight excluding hydrogens is 254 g/mol. The Labute approximate surface area is 116 Å². The van der Waals surface area contributed by atoms with Gasteiger partial charge in [0.05, 0.1) is 6.54 Å². The first kappa shape index (κ1) is 19.5. The molecule has 18 heavy (non-hydrogen) atoms. The number of halogens is 1. The highest BCUT2D eigenvalue weighted by atomic mass is 35.5. The molecule has 5 nitrogen and oxygen atoms in total. The molecule has 0 fully saturated rings. The highest BCUT2D eigenvalue weighted by molar-refractivity contribution is 5.85. The molecule has 3 N–H and O–H groups in total. The van der Waals surface area contributed by atoms with Gasteiger partial charge in [0.1, 0.15) is 0 Å². The van der Waals surface area contributed by atoms with E-state index in [1.807, 2.05) is 6.92 Å². The second-order valence-corrected chi connectivity index (χ2v) is 4.41. The third-order valence-corrected chi connectivity index (χ3v) is 2.27. The van der Waals surface area contributed by atoms with Crippen molar-refractivity contribution in [3.05, 3.63) is 0 Å². The maximum Gasteiger partial charge on any atom is 0.239 e. The van der Waals surface area contributed by atoms with Crippen LogP contribution >= 0.6 is 12.4 Å². The predicted octanol–water partition coefficient (Wildman–Crippen LogP) is 0.686. The summed E-state index contributed by atoms with van der Waals surface area (Å²) in [6, 6.07) is 0. The molecule has 0 saturated heterocycles. The standard InChI is InChI=1S/C12H25N3O2.ClH/c1-4-13-7-8-14-12(17)9-15-11(16)6-5-10(2)3;/h10,13H,4-9H2,1-3H3,(H,14,17)(H,15,16);1H. The smallest absolute Gasteiger partial charge is 0.239 e. The van der Waals surface area contributed by atoms with E-state index < -0.39 is 0 Å². The summed E-state index contributed by atoms with van der Waals surface area (Å²) < 4.78 is 0. The Morgan fingerprint density at radius 3 is 2.28 bits per heavy atom. The summed E-state index contributed by atoms with van der Waals surface area (Å²) in [5, 5.41) is 8.43. The van der Waals surface area contributed by atoms with Gasteiger partial charge in [-0.2, -0.15) is 0 Å². The molecule has 0 aliphatic heterocycles. The van der Waals surface area contributed by atoms with Crippen molar-refractivity contribution in [2.45, 2.75) is 33.6 Å². The second kappa shape index (κ2) is 12.6. The molecule has 0 aromatic rings. The van der Waals surface area contributed by atoms with Gasteiger partial charge in [-0.15, -0.1) is 12.4 Å². The average Bonchev–Trinajstić information content (AvgIpc) is 2.29. The zero-order valence-corrected chi connectivity index (χ0v) is 12.4. The fourth-order valence-corrected chi connectivity index (χ4v) is 1.22. The lowest BCUT2D eigenvalue weighted by Gasteiger charge is -2.08. The van der Waals surface area contributed by atoms with Crippen LogP contribution in [-0.2, 0) is 9.59 Å². The van der Waals surface area contributed by atoms with Gasteiger partial charge in [-0.25, -0.2) is 0 Å². The number of carbonyl (C=O) groups is 2. The van der Waals surface area contributed by atoms with Crippen LogP contribution in [0.2, 0.25) is 0 Å². The van der Waals surface area contributed by atoms with Crippen LogP contribution in [0.15, 0.2) is 0 Å². The largest absolute Gasteiger partial charge is 0.353 e. The number of likely N-dealkylation sites (N-methyl/N-ethyl adjacent to an activating group) is 1. The van der Waals surface area contributed by atoms with Crippen LogP contribution in [0, 0.1) is 5.92 Å². The normalized spacial score (nSPS) is 9.78. The third kappa shape index (κ3) is 13.3. The van der Waals surface area contributed by atoms with Crippen molar-refractivity contribution >= 4 is 24.2 Å². The van der Waals surface area contributed by atoms with Crippen molar-refractivity contribution < 1.29 is 9.59 Å². The monoisotopic (exact) mass is 279 g/mol. The van der Waals surface area contributed by atoms with Gasteiger partial charge in [-0.1, -0.05) is 20.8 Å². The van der Waals surface area contributed by atoms with Crippen molar-refractivity contribution in [1.29, 1.82) is 0 Å². The maximum atomic E-state index is 11.3. The Morgan fingerprint density at radius 1 is 1.06 bits per heavy atom. The molecule has 0 bridgehead atoms. The quantitative estimate of drug-likeness (QED) is 0.544. The zero-order valence-electron chi connectivity index (χ0n) is 11.5. The average molecular weight is 280 g/mol. The van der Waals surface area contributed by atoms with Gasteiger partial charge in [0.2, 0.25) is 11.8 Å². The van der Waals surface area contributed by atoms with Crippen LogP contribution in [-0.4, -0.2) is 38.0 Å². The Morgan fingerprint density at radius 2 is 1.72 bits per heavy atom. The first-order chi connectivity index (χ1) is 8.06. The van der Waals surface area contributed by atoms with Crippen LogP contribution in [0.25, 0.3) is 0 Å². The highest BCUT2D eigenvalue weighted by Crippen LogP contribution is 2.02. The fourth-order valence-electron chi connectivity index (χ4n) is 1.22. The van der Waals surface area contributed by atoms with Gasteiger partial charge >= 0.3 is 0 Å². The number of amides is 2. The minimum absolute atomic E-state index is 0. The van der Waals surface area contributed by atoms with Crippen LogP contribution in [0.4, 0.5) is 0 Å². The Bertz CT molecular complexity index is 235. The number of nitrogens with one attached hydrogen (secondary N) is 3. The van der Waals surface area contributed by atoms with E-state index in [0.29, 0.717) is 18.9 Å². The van der Waals surface area contributed by atoms with Gasteiger partial charge in [0.25, 0.3) is 0 Å². The number of hydrogen-bond donors (Lipinski definition) is 3. The fraction of sp³-hybridized carbons (Fsp3) is 0.833. The summed E-state index contributed by atoms with van der Waals surface area (Å²) in [4.78, 5) is 22.6. The van der Waals surface area contributed by atoms with Gasteiger partial charge < -0.3 is 16.0 Å². The first-order valence-electron chi connectivity index (χ1n) is 6.30. The minimum atomic E-state index is -0.138. The van der Waals surface area contributed by atoms with Gasteiger partial charge in [-0.3, -0.25) is 9.59 Å². The van der Waals surface area contributed by atoms with E-state index in [4.69, 9.17) is 0 Å². The van der Waals surface area contributed by atoms with Gasteiger partial charge in [0, 0.05) is 19.5 Å². The molecule has 0 aliphatic rings. The van der Waals surface area contributed by atoms with Gasteiger partial charge in [-0.05, 0) is 18.9 Å². The predicted molar refractivity (Wildman–Crippen MR) is 75.9 cm³/mol. The topological polar surface area (TPSA) is 70.2 Å². The molecule has 108 valence electrons. The molecule has 0 aromatic heterocycles. The molecule has 0 saturated carbocycles. The lowest BCUT2D eigenvalue weighted by atomic mass is 10.1. The molecule has 0 radical (unpaired) electrons. The van der Waals surface area contributed by atoms with Crippen molar-refractivity contribution in [2.24, 2.45) is 5.92 Å².